The fraction of sp³-hybridized carbons (Fsp3) is 0.174. The number of anilines is 1. The molecule has 148 valence electrons. The number of ether oxygens (including phenoxy) is 4. The summed E-state index contributed by atoms with van der Waals surface area (Å²) in [6.07, 6.45) is 0. The summed E-state index contributed by atoms with van der Waals surface area (Å²) in [6.45, 7) is 2.93. The van der Waals surface area contributed by atoms with E-state index in [-0.39, 0.29) is 12.7 Å². The summed E-state index contributed by atoms with van der Waals surface area (Å²) in [4.78, 5) is 12.7. The van der Waals surface area contributed by atoms with Crippen LogP contribution >= 0.6 is 0 Å². The molecule has 0 atom stereocenters. The maximum atomic E-state index is 12.7. The highest BCUT2D eigenvalue weighted by atomic mass is 16.7. The predicted octanol–water partition coefficient (Wildman–Crippen LogP) is 4.65. The van der Waals surface area contributed by atoms with Gasteiger partial charge in [0.25, 0.3) is 5.91 Å². The molecule has 1 amide bonds. The first kappa shape index (κ1) is 18.7. The third-order valence-corrected chi connectivity index (χ3v) is 4.39. The molecule has 1 N–H and O–H groups in total. The molecule has 4 rings (SSSR count). The summed E-state index contributed by atoms with van der Waals surface area (Å²) in [6, 6.07) is 20.1. The van der Waals surface area contributed by atoms with E-state index >= 15 is 0 Å². The Bertz CT molecular complexity index is 1000. The van der Waals surface area contributed by atoms with Crippen molar-refractivity contribution in [2.24, 2.45) is 0 Å². The maximum Gasteiger partial charge on any atom is 0.255 e. The number of para-hydroxylation sites is 1. The monoisotopic (exact) mass is 391 g/mol. The van der Waals surface area contributed by atoms with Crippen LogP contribution in [-0.2, 0) is 6.61 Å². The normalized spacial score (nSPS) is 11.8. The molecule has 0 unspecified atom stereocenters. The summed E-state index contributed by atoms with van der Waals surface area (Å²) < 4.78 is 22.2. The highest BCUT2D eigenvalue weighted by Crippen LogP contribution is 2.34. The third kappa shape index (κ3) is 4.43. The average Bonchev–Trinajstić information content (AvgIpc) is 3.22. The Hall–Kier alpha value is -3.67. The van der Waals surface area contributed by atoms with Crippen LogP contribution in [0.1, 0.15) is 22.8 Å². The molecule has 0 fully saturated rings. The lowest BCUT2D eigenvalue weighted by Crippen LogP contribution is -2.13. The Balaban J connectivity index is 1.51. The van der Waals surface area contributed by atoms with Gasteiger partial charge in [0.15, 0.2) is 11.5 Å². The Labute approximate surface area is 169 Å². The standard InChI is InChI=1S/C23H21NO5/c1-2-26-20-10-8-16(12-17(20)14-27-19-6-4-3-5-7-19)23(25)24-18-9-11-21-22(13-18)29-15-28-21/h3-13H,2,14-15H2,1H3,(H,24,25). The minimum Gasteiger partial charge on any atom is -0.493 e. The van der Waals surface area contributed by atoms with Gasteiger partial charge in [-0.3, -0.25) is 4.79 Å². The topological polar surface area (TPSA) is 66.0 Å². The van der Waals surface area contributed by atoms with Crippen LogP contribution in [0.2, 0.25) is 0 Å². The molecule has 6 nitrogen and oxygen atoms in total. The lowest BCUT2D eigenvalue weighted by molar-refractivity contribution is 0.102. The molecule has 0 saturated carbocycles. The minimum absolute atomic E-state index is 0.191. The van der Waals surface area contributed by atoms with Crippen molar-refractivity contribution >= 4 is 11.6 Å². The highest BCUT2D eigenvalue weighted by Gasteiger charge is 2.16. The molecule has 0 bridgehead atoms. The highest BCUT2D eigenvalue weighted by molar-refractivity contribution is 6.04. The van der Waals surface area contributed by atoms with Crippen LogP contribution in [-0.4, -0.2) is 19.3 Å². The first-order chi connectivity index (χ1) is 14.2. The Morgan fingerprint density at radius 3 is 2.62 bits per heavy atom. The summed E-state index contributed by atoms with van der Waals surface area (Å²) in [5, 5.41) is 2.88. The van der Waals surface area contributed by atoms with Crippen molar-refractivity contribution in [3.63, 3.8) is 0 Å². The van der Waals surface area contributed by atoms with Gasteiger partial charge in [0.1, 0.15) is 18.1 Å². The van der Waals surface area contributed by atoms with Gasteiger partial charge in [-0.05, 0) is 49.4 Å². The van der Waals surface area contributed by atoms with Gasteiger partial charge in [0.05, 0.1) is 6.61 Å². The van der Waals surface area contributed by atoms with Crippen LogP contribution in [0.15, 0.2) is 66.7 Å². The van der Waals surface area contributed by atoms with Gasteiger partial charge in [-0.15, -0.1) is 0 Å². The molecule has 3 aromatic carbocycles. The molecule has 0 spiro atoms. The SMILES string of the molecule is CCOc1ccc(C(=O)Nc2ccc3c(c2)OCO3)cc1COc1ccccc1. The molecule has 29 heavy (non-hydrogen) atoms. The fourth-order valence-electron chi connectivity index (χ4n) is 2.99. The van der Waals surface area contributed by atoms with Crippen LogP contribution in [0.4, 0.5) is 5.69 Å². The minimum atomic E-state index is -0.229. The second-order valence-corrected chi connectivity index (χ2v) is 6.38. The second kappa shape index (κ2) is 8.56. The molecule has 6 heteroatoms. The van der Waals surface area contributed by atoms with Crippen LogP contribution in [0, 0.1) is 0 Å². The van der Waals surface area contributed by atoms with E-state index < -0.39 is 0 Å². The van der Waals surface area contributed by atoms with E-state index in [1.54, 1.807) is 36.4 Å². The zero-order valence-electron chi connectivity index (χ0n) is 16.0. The maximum absolute atomic E-state index is 12.7. The van der Waals surface area contributed by atoms with Gasteiger partial charge < -0.3 is 24.3 Å². The van der Waals surface area contributed by atoms with Crippen molar-refractivity contribution in [3.05, 3.63) is 77.9 Å². The van der Waals surface area contributed by atoms with Gasteiger partial charge in [0, 0.05) is 22.9 Å². The number of rotatable bonds is 7. The zero-order chi connectivity index (χ0) is 20.1. The molecule has 1 aliphatic rings. The van der Waals surface area contributed by atoms with Crippen molar-refractivity contribution in [3.8, 4) is 23.0 Å². The lowest BCUT2D eigenvalue weighted by Gasteiger charge is -2.13. The van der Waals surface area contributed by atoms with E-state index in [1.165, 1.54) is 0 Å². The quantitative estimate of drug-likeness (QED) is 0.635. The van der Waals surface area contributed by atoms with E-state index in [0.717, 1.165) is 11.3 Å². The first-order valence-electron chi connectivity index (χ1n) is 9.37. The summed E-state index contributed by atoms with van der Waals surface area (Å²) in [5.74, 6) is 2.51. The number of hydrogen-bond donors (Lipinski definition) is 1. The summed E-state index contributed by atoms with van der Waals surface area (Å²) in [5.41, 5.74) is 1.95. The first-order valence-corrected chi connectivity index (χ1v) is 9.37. The molecule has 1 aliphatic heterocycles. The molecule has 0 aliphatic carbocycles. The fourth-order valence-corrected chi connectivity index (χ4v) is 2.99. The van der Waals surface area contributed by atoms with Crippen LogP contribution < -0.4 is 24.3 Å². The number of amides is 1. The summed E-state index contributed by atoms with van der Waals surface area (Å²) in [7, 11) is 0. The zero-order valence-corrected chi connectivity index (χ0v) is 16.0. The van der Waals surface area contributed by atoms with E-state index in [2.05, 4.69) is 5.32 Å². The Morgan fingerprint density at radius 1 is 0.966 bits per heavy atom. The number of carbonyl (C=O) groups excluding carboxylic acids is 1. The lowest BCUT2D eigenvalue weighted by atomic mass is 10.1. The predicted molar refractivity (Wildman–Crippen MR) is 109 cm³/mol. The van der Waals surface area contributed by atoms with E-state index in [1.807, 2.05) is 37.3 Å². The van der Waals surface area contributed by atoms with Crippen molar-refractivity contribution in [1.82, 2.24) is 0 Å². The van der Waals surface area contributed by atoms with Gasteiger partial charge in [-0.2, -0.15) is 0 Å². The number of carbonyl (C=O) groups is 1. The molecular formula is C23H21NO5. The van der Waals surface area contributed by atoms with Gasteiger partial charge in [0.2, 0.25) is 6.79 Å². The van der Waals surface area contributed by atoms with E-state index in [0.29, 0.717) is 41.7 Å². The summed E-state index contributed by atoms with van der Waals surface area (Å²) >= 11 is 0. The number of benzene rings is 3. The Morgan fingerprint density at radius 2 is 1.79 bits per heavy atom. The van der Waals surface area contributed by atoms with Gasteiger partial charge in [-0.25, -0.2) is 0 Å². The van der Waals surface area contributed by atoms with E-state index in [9.17, 15) is 4.79 Å². The van der Waals surface area contributed by atoms with Crippen molar-refractivity contribution in [1.29, 1.82) is 0 Å². The Kier molecular flexibility index (Phi) is 5.52. The van der Waals surface area contributed by atoms with Crippen LogP contribution in [0.25, 0.3) is 0 Å². The van der Waals surface area contributed by atoms with E-state index in [4.69, 9.17) is 18.9 Å². The third-order valence-electron chi connectivity index (χ3n) is 4.39. The van der Waals surface area contributed by atoms with Crippen molar-refractivity contribution in [2.45, 2.75) is 13.5 Å². The molecule has 0 aromatic heterocycles. The molecule has 1 heterocycles. The molecule has 0 saturated heterocycles. The number of hydrogen-bond acceptors (Lipinski definition) is 5. The smallest absolute Gasteiger partial charge is 0.255 e. The number of fused-ring (bicyclic) bond motifs is 1. The molecule has 3 aromatic rings. The number of nitrogens with one attached hydrogen (secondary N) is 1. The van der Waals surface area contributed by atoms with Gasteiger partial charge >= 0.3 is 0 Å². The largest absolute Gasteiger partial charge is 0.493 e. The van der Waals surface area contributed by atoms with Crippen LogP contribution in [0.3, 0.4) is 0 Å². The second-order valence-electron chi connectivity index (χ2n) is 6.38. The molecular weight excluding hydrogens is 370 g/mol. The van der Waals surface area contributed by atoms with Gasteiger partial charge in [-0.1, -0.05) is 18.2 Å². The van der Waals surface area contributed by atoms with Crippen molar-refractivity contribution in [2.75, 3.05) is 18.7 Å². The average molecular weight is 391 g/mol. The van der Waals surface area contributed by atoms with Crippen molar-refractivity contribution < 1.29 is 23.7 Å². The van der Waals surface area contributed by atoms with Crippen LogP contribution in [0.5, 0.6) is 23.0 Å². The molecule has 0 radical (unpaired) electrons.